The summed E-state index contributed by atoms with van der Waals surface area (Å²) in [4.78, 5) is 12.9. The molecule has 0 aliphatic heterocycles. The lowest BCUT2D eigenvalue weighted by atomic mass is 10.0. The highest BCUT2D eigenvalue weighted by Gasteiger charge is 2.16. The number of ether oxygens (including phenoxy) is 1. The van der Waals surface area contributed by atoms with Crippen molar-refractivity contribution in [1.82, 2.24) is 0 Å². The second-order valence-electron chi connectivity index (χ2n) is 5.64. The third-order valence-corrected chi connectivity index (χ3v) is 4.34. The average molecular weight is 421 g/mol. The molecule has 0 N–H and O–H groups in total. The minimum atomic E-state index is -0.180. The smallest absolute Gasteiger partial charge is 0.213 e. The van der Waals surface area contributed by atoms with E-state index < -0.39 is 0 Å². The molecule has 5 heteroatoms. The van der Waals surface area contributed by atoms with E-state index in [2.05, 4.69) is 26.1 Å². The lowest BCUT2D eigenvalue weighted by Gasteiger charge is -2.05. The molecule has 3 aromatic carbocycles. The fraction of sp³-hybridized carbons (Fsp3) is 0.0455. The van der Waals surface area contributed by atoms with Crippen molar-refractivity contribution >= 4 is 33.6 Å². The minimum absolute atomic E-state index is 0.180. The first-order valence-electron chi connectivity index (χ1n) is 8.29. The highest BCUT2D eigenvalue weighted by Crippen LogP contribution is 2.21. The van der Waals surface area contributed by atoms with E-state index in [1.807, 2.05) is 66.7 Å². The van der Waals surface area contributed by atoms with Crippen LogP contribution in [0.25, 0.3) is 0 Å². The number of carbonyl (C=O) groups is 1. The third kappa shape index (κ3) is 4.77. The number of hydrogen-bond acceptors (Lipinski definition) is 4. The number of rotatable bonds is 6. The molecule has 3 aromatic rings. The summed E-state index contributed by atoms with van der Waals surface area (Å²) in [7, 11) is 1.60. The summed E-state index contributed by atoms with van der Waals surface area (Å²) in [6.07, 6.45) is 1.57. The first kappa shape index (κ1) is 18.7. The molecule has 4 nitrogen and oxygen atoms in total. The zero-order valence-electron chi connectivity index (χ0n) is 14.7. The molecule has 0 saturated heterocycles. The van der Waals surface area contributed by atoms with Gasteiger partial charge in [0.05, 0.1) is 13.3 Å². The van der Waals surface area contributed by atoms with Crippen molar-refractivity contribution in [3.05, 3.63) is 100 Å². The molecule has 0 aliphatic carbocycles. The highest BCUT2D eigenvalue weighted by atomic mass is 79.9. The van der Waals surface area contributed by atoms with Gasteiger partial charge in [-0.3, -0.25) is 4.79 Å². The van der Waals surface area contributed by atoms with Gasteiger partial charge in [-0.25, -0.2) is 0 Å². The molecular formula is C22H17BrN2O2. The third-order valence-electron chi connectivity index (χ3n) is 3.84. The lowest BCUT2D eigenvalue weighted by molar-refractivity contribution is 0.106. The Hall–Kier alpha value is -3.05. The number of Topliss-reactive ketones (excluding diaryl/α,β-unsaturated/α-hetero) is 1. The molecule has 134 valence electrons. The van der Waals surface area contributed by atoms with Crippen LogP contribution < -0.4 is 4.74 Å². The van der Waals surface area contributed by atoms with Gasteiger partial charge in [-0.1, -0.05) is 76.6 Å². The number of nitrogens with zero attached hydrogens (tertiary/aromatic N) is 2. The van der Waals surface area contributed by atoms with Crippen LogP contribution in [0, 0.1) is 0 Å². The van der Waals surface area contributed by atoms with Crippen LogP contribution in [-0.2, 0) is 0 Å². The molecule has 0 aromatic heterocycles. The van der Waals surface area contributed by atoms with Gasteiger partial charge in [0.25, 0.3) is 0 Å². The Morgan fingerprint density at radius 2 is 1.56 bits per heavy atom. The van der Waals surface area contributed by atoms with Crippen LogP contribution >= 0.6 is 15.9 Å². The Balaban J connectivity index is 1.99. The number of halogens is 1. The van der Waals surface area contributed by atoms with Crippen LogP contribution in [0.15, 0.2) is 93.5 Å². The molecule has 0 amide bonds. The van der Waals surface area contributed by atoms with Crippen molar-refractivity contribution in [3.8, 4) is 5.75 Å². The zero-order chi connectivity index (χ0) is 19.1. The van der Waals surface area contributed by atoms with Crippen LogP contribution in [0.3, 0.4) is 0 Å². The summed E-state index contributed by atoms with van der Waals surface area (Å²) < 4.78 is 6.23. The maximum atomic E-state index is 12.9. The number of ketones is 1. The topological polar surface area (TPSA) is 51.0 Å². The van der Waals surface area contributed by atoms with Crippen molar-refractivity contribution in [2.45, 2.75) is 0 Å². The Bertz CT molecular complexity index is 984. The van der Waals surface area contributed by atoms with Crippen LogP contribution in [0.5, 0.6) is 5.75 Å². The highest BCUT2D eigenvalue weighted by molar-refractivity contribution is 9.10. The minimum Gasteiger partial charge on any atom is -0.496 e. The molecule has 0 saturated carbocycles. The van der Waals surface area contributed by atoms with Crippen LogP contribution in [-0.4, -0.2) is 24.8 Å². The number of carbonyl (C=O) groups excluding carboxylic acids is 1. The van der Waals surface area contributed by atoms with Gasteiger partial charge in [0.2, 0.25) is 5.78 Å². The van der Waals surface area contributed by atoms with Crippen molar-refractivity contribution in [3.63, 3.8) is 0 Å². The van der Waals surface area contributed by atoms with Gasteiger partial charge >= 0.3 is 0 Å². The summed E-state index contributed by atoms with van der Waals surface area (Å²) in [6, 6.07) is 23.9. The number of methoxy groups -OCH3 is 1. The van der Waals surface area contributed by atoms with Crippen molar-refractivity contribution < 1.29 is 9.53 Å². The predicted octanol–water partition coefficient (Wildman–Crippen LogP) is 5.16. The summed E-state index contributed by atoms with van der Waals surface area (Å²) >= 11 is 3.43. The quantitative estimate of drug-likeness (QED) is 0.314. The van der Waals surface area contributed by atoms with Gasteiger partial charge in [0.1, 0.15) is 11.5 Å². The summed E-state index contributed by atoms with van der Waals surface area (Å²) in [5, 5.41) is 8.39. The average Bonchev–Trinajstić information content (AvgIpc) is 2.72. The van der Waals surface area contributed by atoms with E-state index in [1.54, 1.807) is 25.5 Å². The normalized spacial score (nSPS) is 11.6. The fourth-order valence-corrected chi connectivity index (χ4v) is 2.89. The molecule has 0 heterocycles. The van der Waals surface area contributed by atoms with Gasteiger partial charge < -0.3 is 4.74 Å². The summed E-state index contributed by atoms with van der Waals surface area (Å²) in [5.41, 5.74) is 2.32. The van der Waals surface area contributed by atoms with E-state index in [-0.39, 0.29) is 11.5 Å². The SMILES string of the molecule is COc1ccc(Br)cc1/C=N\N=C(/C(=O)c1ccccc1)c1ccccc1. The Kier molecular flexibility index (Phi) is 6.28. The molecule has 0 radical (unpaired) electrons. The predicted molar refractivity (Wildman–Crippen MR) is 112 cm³/mol. The molecule has 0 bridgehead atoms. The number of hydrogen-bond donors (Lipinski definition) is 0. The van der Waals surface area contributed by atoms with Gasteiger partial charge in [-0.05, 0) is 18.2 Å². The van der Waals surface area contributed by atoms with Crippen molar-refractivity contribution in [1.29, 1.82) is 0 Å². The Labute approximate surface area is 166 Å². The molecule has 0 unspecified atom stereocenters. The Morgan fingerprint density at radius 1 is 0.926 bits per heavy atom. The first-order valence-corrected chi connectivity index (χ1v) is 9.08. The molecular weight excluding hydrogens is 404 g/mol. The van der Waals surface area contributed by atoms with Crippen LogP contribution in [0.4, 0.5) is 0 Å². The van der Waals surface area contributed by atoms with Crippen LogP contribution in [0.1, 0.15) is 21.5 Å². The number of benzene rings is 3. The van der Waals surface area contributed by atoms with Crippen molar-refractivity contribution in [2.75, 3.05) is 7.11 Å². The first-order chi connectivity index (χ1) is 13.2. The van der Waals surface area contributed by atoms with Crippen LogP contribution in [0.2, 0.25) is 0 Å². The maximum Gasteiger partial charge on any atom is 0.213 e. The molecule has 0 atom stereocenters. The van der Waals surface area contributed by atoms with E-state index in [0.29, 0.717) is 16.9 Å². The van der Waals surface area contributed by atoms with E-state index in [9.17, 15) is 4.79 Å². The fourth-order valence-electron chi connectivity index (χ4n) is 2.51. The lowest BCUT2D eigenvalue weighted by Crippen LogP contribution is -2.15. The monoisotopic (exact) mass is 420 g/mol. The standard InChI is InChI=1S/C22H17BrN2O2/c1-27-20-13-12-19(23)14-18(20)15-24-25-21(16-8-4-2-5-9-16)22(26)17-10-6-3-7-11-17/h2-15H,1H3/b24-15-,25-21-. The summed E-state index contributed by atoms with van der Waals surface area (Å²) in [6.45, 7) is 0. The van der Waals surface area contributed by atoms with Gasteiger partial charge in [-0.2, -0.15) is 5.10 Å². The second kappa shape index (κ2) is 9.05. The second-order valence-corrected chi connectivity index (χ2v) is 6.56. The molecule has 27 heavy (non-hydrogen) atoms. The van der Waals surface area contributed by atoms with Gasteiger partial charge in [0.15, 0.2) is 0 Å². The van der Waals surface area contributed by atoms with Gasteiger partial charge in [-0.15, -0.1) is 5.10 Å². The maximum absolute atomic E-state index is 12.9. The van der Waals surface area contributed by atoms with E-state index in [1.165, 1.54) is 0 Å². The van der Waals surface area contributed by atoms with E-state index >= 15 is 0 Å². The van der Waals surface area contributed by atoms with E-state index in [4.69, 9.17) is 4.74 Å². The van der Waals surface area contributed by atoms with Gasteiger partial charge in [0, 0.05) is 21.2 Å². The summed E-state index contributed by atoms with van der Waals surface area (Å²) in [5.74, 6) is 0.493. The largest absolute Gasteiger partial charge is 0.496 e. The molecule has 0 aliphatic rings. The zero-order valence-corrected chi connectivity index (χ0v) is 16.3. The molecule has 3 rings (SSSR count). The Morgan fingerprint density at radius 3 is 2.19 bits per heavy atom. The molecule has 0 fully saturated rings. The van der Waals surface area contributed by atoms with E-state index in [0.717, 1.165) is 10.0 Å². The van der Waals surface area contributed by atoms with Crippen molar-refractivity contribution in [2.24, 2.45) is 10.2 Å². The molecule has 0 spiro atoms.